The van der Waals surface area contributed by atoms with Gasteiger partial charge < -0.3 is 9.64 Å². The maximum Gasteiger partial charge on any atom is 0.311 e. The van der Waals surface area contributed by atoms with Gasteiger partial charge >= 0.3 is 5.97 Å². The number of hydrogen-bond acceptors (Lipinski definition) is 3. The van der Waals surface area contributed by atoms with Crippen molar-refractivity contribution in [3.05, 3.63) is 0 Å². The van der Waals surface area contributed by atoms with Crippen LogP contribution in [0.2, 0.25) is 0 Å². The van der Waals surface area contributed by atoms with Gasteiger partial charge in [-0.05, 0) is 60.0 Å². The first-order chi connectivity index (χ1) is 7.97. The van der Waals surface area contributed by atoms with Gasteiger partial charge in [0.2, 0.25) is 0 Å². The van der Waals surface area contributed by atoms with Gasteiger partial charge in [0.25, 0.3) is 0 Å². The number of rotatable bonds is 5. The van der Waals surface area contributed by atoms with Gasteiger partial charge in [0.1, 0.15) is 0 Å². The van der Waals surface area contributed by atoms with E-state index in [9.17, 15) is 4.79 Å². The van der Waals surface area contributed by atoms with Crippen LogP contribution in [0.1, 0.15) is 52.9 Å². The topological polar surface area (TPSA) is 29.5 Å². The van der Waals surface area contributed by atoms with Gasteiger partial charge in [0, 0.05) is 6.04 Å². The van der Waals surface area contributed by atoms with Crippen molar-refractivity contribution in [2.75, 3.05) is 20.2 Å². The Bertz CT molecular complexity index is 251. The Morgan fingerprint density at radius 3 is 2.71 bits per heavy atom. The van der Waals surface area contributed by atoms with E-state index in [1.54, 1.807) is 0 Å². The van der Waals surface area contributed by atoms with Gasteiger partial charge in [-0.15, -0.1) is 0 Å². The van der Waals surface area contributed by atoms with Crippen LogP contribution in [0.25, 0.3) is 0 Å². The highest BCUT2D eigenvalue weighted by Crippen LogP contribution is 2.28. The summed E-state index contributed by atoms with van der Waals surface area (Å²) in [6.07, 6.45) is 5.93. The molecule has 1 atom stereocenters. The second-order valence-electron chi connectivity index (χ2n) is 5.77. The maximum atomic E-state index is 11.8. The Morgan fingerprint density at radius 1 is 1.41 bits per heavy atom. The molecule has 0 aliphatic carbocycles. The minimum atomic E-state index is -0.339. The fraction of sp³-hybridized carbons (Fsp3) is 0.929. The van der Waals surface area contributed by atoms with E-state index in [2.05, 4.69) is 11.9 Å². The van der Waals surface area contributed by atoms with Crippen LogP contribution in [-0.4, -0.2) is 37.1 Å². The van der Waals surface area contributed by atoms with E-state index in [1.807, 2.05) is 20.8 Å². The zero-order valence-electron chi connectivity index (χ0n) is 11.8. The molecule has 1 aliphatic heterocycles. The molecule has 0 bridgehead atoms. The van der Waals surface area contributed by atoms with Crippen LogP contribution in [-0.2, 0) is 9.53 Å². The number of carbonyl (C=O) groups is 1. The predicted molar refractivity (Wildman–Crippen MR) is 69.9 cm³/mol. The number of likely N-dealkylation sites (tertiary alicyclic amines) is 1. The molecule has 1 saturated heterocycles. The Morgan fingerprint density at radius 2 is 2.12 bits per heavy atom. The molecule has 17 heavy (non-hydrogen) atoms. The van der Waals surface area contributed by atoms with Crippen molar-refractivity contribution in [1.82, 2.24) is 4.90 Å². The van der Waals surface area contributed by atoms with E-state index in [1.165, 1.54) is 25.8 Å². The summed E-state index contributed by atoms with van der Waals surface area (Å²) in [5.41, 5.74) is -0.339. The molecule has 0 aromatic carbocycles. The lowest BCUT2D eigenvalue weighted by atomic mass is 9.84. The molecule has 0 spiro atoms. The average Bonchev–Trinajstić information content (AvgIpc) is 2.28. The first-order valence-corrected chi connectivity index (χ1v) is 6.85. The Hall–Kier alpha value is -0.570. The molecule has 0 radical (unpaired) electrons. The number of esters is 1. The van der Waals surface area contributed by atoms with E-state index in [4.69, 9.17) is 4.74 Å². The first kappa shape index (κ1) is 14.5. The lowest BCUT2D eigenvalue weighted by molar-refractivity contribution is -0.154. The molecule has 0 aromatic rings. The van der Waals surface area contributed by atoms with Crippen molar-refractivity contribution >= 4 is 5.97 Å². The van der Waals surface area contributed by atoms with Crippen molar-refractivity contribution in [2.24, 2.45) is 5.41 Å². The first-order valence-electron chi connectivity index (χ1n) is 6.85. The number of piperidine rings is 1. The highest BCUT2D eigenvalue weighted by Gasteiger charge is 2.30. The van der Waals surface area contributed by atoms with Crippen LogP contribution in [0.3, 0.4) is 0 Å². The van der Waals surface area contributed by atoms with Crippen LogP contribution in [0, 0.1) is 5.41 Å². The van der Waals surface area contributed by atoms with E-state index >= 15 is 0 Å². The summed E-state index contributed by atoms with van der Waals surface area (Å²) in [6.45, 7) is 7.53. The molecule has 0 aromatic heterocycles. The normalized spacial score (nSPS) is 22.5. The number of nitrogens with zero attached hydrogens (tertiary/aromatic N) is 1. The summed E-state index contributed by atoms with van der Waals surface area (Å²) in [4.78, 5) is 14.2. The van der Waals surface area contributed by atoms with Crippen LogP contribution >= 0.6 is 0 Å². The number of ether oxygens (including phenoxy) is 1. The van der Waals surface area contributed by atoms with Gasteiger partial charge in [0.15, 0.2) is 0 Å². The Labute approximate surface area is 106 Å². The van der Waals surface area contributed by atoms with Crippen molar-refractivity contribution in [1.29, 1.82) is 0 Å². The smallest absolute Gasteiger partial charge is 0.311 e. The summed E-state index contributed by atoms with van der Waals surface area (Å²) >= 11 is 0. The van der Waals surface area contributed by atoms with Crippen LogP contribution in [0.4, 0.5) is 0 Å². The maximum absolute atomic E-state index is 11.8. The summed E-state index contributed by atoms with van der Waals surface area (Å²) in [7, 11) is 2.20. The lowest BCUT2D eigenvalue weighted by Crippen LogP contribution is -2.38. The zero-order valence-corrected chi connectivity index (χ0v) is 11.8. The molecular weight excluding hydrogens is 214 g/mol. The molecule has 1 unspecified atom stereocenters. The number of hydrogen-bond donors (Lipinski definition) is 0. The van der Waals surface area contributed by atoms with Crippen molar-refractivity contribution in [3.63, 3.8) is 0 Å². The molecule has 0 amide bonds. The minimum Gasteiger partial charge on any atom is -0.466 e. The fourth-order valence-corrected chi connectivity index (χ4v) is 2.46. The van der Waals surface area contributed by atoms with Crippen molar-refractivity contribution in [3.8, 4) is 0 Å². The van der Waals surface area contributed by atoms with Gasteiger partial charge in [-0.25, -0.2) is 0 Å². The van der Waals surface area contributed by atoms with Gasteiger partial charge in [-0.3, -0.25) is 4.79 Å². The molecule has 0 saturated carbocycles. The van der Waals surface area contributed by atoms with Crippen molar-refractivity contribution in [2.45, 2.75) is 58.9 Å². The summed E-state index contributed by atoms with van der Waals surface area (Å²) in [5, 5.41) is 0. The minimum absolute atomic E-state index is 0.0570. The summed E-state index contributed by atoms with van der Waals surface area (Å²) in [5.74, 6) is -0.0570. The third-order valence-electron chi connectivity index (χ3n) is 3.85. The quantitative estimate of drug-likeness (QED) is 0.693. The van der Waals surface area contributed by atoms with Crippen LogP contribution in [0.5, 0.6) is 0 Å². The molecule has 3 nitrogen and oxygen atoms in total. The van der Waals surface area contributed by atoms with E-state index in [0.29, 0.717) is 12.6 Å². The molecule has 1 rings (SSSR count). The standard InChI is InChI=1S/C14H27NO2/c1-5-17-13(16)14(2,3)10-9-12-8-6-7-11-15(12)4/h12H,5-11H2,1-4H3. The summed E-state index contributed by atoms with van der Waals surface area (Å²) in [6, 6.07) is 0.650. The second kappa shape index (κ2) is 6.39. The zero-order chi connectivity index (χ0) is 12.9. The molecule has 0 N–H and O–H groups in total. The predicted octanol–water partition coefficient (Wildman–Crippen LogP) is 2.84. The van der Waals surface area contributed by atoms with E-state index in [0.717, 1.165) is 12.8 Å². The monoisotopic (exact) mass is 241 g/mol. The van der Waals surface area contributed by atoms with Gasteiger partial charge in [0.05, 0.1) is 12.0 Å². The van der Waals surface area contributed by atoms with Crippen LogP contribution < -0.4 is 0 Å². The largest absolute Gasteiger partial charge is 0.466 e. The van der Waals surface area contributed by atoms with Gasteiger partial charge in [-0.2, -0.15) is 0 Å². The SMILES string of the molecule is CCOC(=O)C(C)(C)CCC1CCCCN1C. The fourth-order valence-electron chi connectivity index (χ4n) is 2.46. The highest BCUT2D eigenvalue weighted by molar-refractivity contribution is 5.75. The highest BCUT2D eigenvalue weighted by atomic mass is 16.5. The van der Waals surface area contributed by atoms with Crippen molar-refractivity contribution < 1.29 is 9.53 Å². The van der Waals surface area contributed by atoms with E-state index < -0.39 is 0 Å². The Kier molecular flexibility index (Phi) is 5.44. The third-order valence-corrected chi connectivity index (χ3v) is 3.85. The Balaban J connectivity index is 2.40. The molecule has 3 heteroatoms. The average molecular weight is 241 g/mol. The summed E-state index contributed by atoms with van der Waals surface area (Å²) < 4.78 is 5.12. The van der Waals surface area contributed by atoms with E-state index in [-0.39, 0.29) is 11.4 Å². The lowest BCUT2D eigenvalue weighted by Gasteiger charge is -2.34. The number of carbonyl (C=O) groups excluding carboxylic acids is 1. The van der Waals surface area contributed by atoms with Crippen LogP contribution in [0.15, 0.2) is 0 Å². The molecular formula is C14H27NO2. The molecule has 1 fully saturated rings. The molecule has 1 aliphatic rings. The third kappa shape index (κ3) is 4.30. The molecule has 100 valence electrons. The second-order valence-corrected chi connectivity index (χ2v) is 5.77. The van der Waals surface area contributed by atoms with Gasteiger partial charge in [-0.1, -0.05) is 6.42 Å². The molecule has 1 heterocycles.